The zero-order chi connectivity index (χ0) is 28.3. The van der Waals surface area contributed by atoms with Crippen LogP contribution in [-0.2, 0) is 9.47 Å². The van der Waals surface area contributed by atoms with Gasteiger partial charge in [-0.05, 0) is 31.0 Å². The third-order valence-electron chi connectivity index (χ3n) is 7.97. The average molecular weight is 556 g/mol. The second kappa shape index (κ2) is 20.0. The number of aromatic nitrogens is 1. The third kappa shape index (κ3) is 12.3. The van der Waals surface area contributed by atoms with Gasteiger partial charge >= 0.3 is 0 Å². The topological polar surface area (TPSA) is 40.6 Å². The number of nitrogens with zero attached hydrogens (tertiary/aromatic N) is 1. The molecule has 5 heteroatoms. The zero-order valence-corrected chi connectivity index (χ0v) is 25.3. The second-order valence-corrected chi connectivity index (χ2v) is 11.6. The number of halogens is 1. The average Bonchev–Trinajstić information content (AvgIpc) is 2.98. The van der Waals surface area contributed by atoms with Crippen LogP contribution in [0.5, 0.6) is 5.75 Å². The summed E-state index contributed by atoms with van der Waals surface area (Å²) in [6.07, 6.45) is 23.3. The lowest BCUT2D eigenvalue weighted by atomic mass is 10.0. The number of benzene rings is 1. The predicted molar refractivity (Wildman–Crippen MR) is 163 cm³/mol. The molecule has 3 rings (SSSR count). The molecule has 0 N–H and O–H groups in total. The van der Waals surface area contributed by atoms with Gasteiger partial charge in [-0.15, -0.1) is 0 Å². The van der Waals surface area contributed by atoms with E-state index in [2.05, 4.69) is 18.8 Å². The van der Waals surface area contributed by atoms with Crippen LogP contribution in [0.2, 0.25) is 0 Å². The van der Waals surface area contributed by atoms with E-state index in [1.165, 1.54) is 102 Å². The van der Waals surface area contributed by atoms with Gasteiger partial charge in [-0.25, -0.2) is 4.39 Å². The fourth-order valence-corrected chi connectivity index (χ4v) is 5.39. The Balaban J connectivity index is 1.31. The van der Waals surface area contributed by atoms with Gasteiger partial charge < -0.3 is 14.2 Å². The molecule has 224 valence electrons. The van der Waals surface area contributed by atoms with Crippen molar-refractivity contribution in [3.05, 3.63) is 47.9 Å². The lowest BCUT2D eigenvalue weighted by Gasteiger charge is -2.29. The van der Waals surface area contributed by atoms with Crippen LogP contribution in [0.25, 0.3) is 11.3 Å². The van der Waals surface area contributed by atoms with Gasteiger partial charge in [-0.3, -0.25) is 4.98 Å². The zero-order valence-electron chi connectivity index (χ0n) is 25.3. The Morgan fingerprint density at radius 2 is 1.35 bits per heavy atom. The standard InChI is InChI=1S/C35H54FNO3/c1-3-5-7-9-11-12-13-14-15-17-19-29-27-39-35(40-28-29)30-20-23-34(37-26-30)32-22-21-31(25-33(32)36)38-24-18-16-10-8-6-4-2/h20-23,25-26,29,35H,3-19,24,27-28H2,1-2H3. The number of rotatable bonds is 21. The number of ether oxygens (including phenoxy) is 3. The quantitative estimate of drug-likeness (QED) is 0.144. The van der Waals surface area contributed by atoms with Crippen LogP contribution in [0.4, 0.5) is 4.39 Å². The van der Waals surface area contributed by atoms with Gasteiger partial charge in [0.2, 0.25) is 0 Å². The first-order valence-corrected chi connectivity index (χ1v) is 16.3. The molecule has 0 bridgehead atoms. The maximum Gasteiger partial charge on any atom is 0.185 e. The van der Waals surface area contributed by atoms with Gasteiger partial charge in [0.1, 0.15) is 11.6 Å². The predicted octanol–water partition coefficient (Wildman–Crippen LogP) is 10.6. The van der Waals surface area contributed by atoms with Crippen molar-refractivity contribution in [2.45, 2.75) is 129 Å². The van der Waals surface area contributed by atoms with Crippen molar-refractivity contribution in [2.75, 3.05) is 19.8 Å². The van der Waals surface area contributed by atoms with Gasteiger partial charge in [0, 0.05) is 29.3 Å². The number of unbranched alkanes of at least 4 members (excludes halogenated alkanes) is 14. The smallest absolute Gasteiger partial charge is 0.185 e. The van der Waals surface area contributed by atoms with Crippen molar-refractivity contribution in [1.82, 2.24) is 4.98 Å². The van der Waals surface area contributed by atoms with Gasteiger partial charge in [-0.1, -0.05) is 116 Å². The van der Waals surface area contributed by atoms with E-state index in [1.807, 2.05) is 18.2 Å². The molecule has 0 spiro atoms. The molecule has 0 amide bonds. The van der Waals surface area contributed by atoms with Gasteiger partial charge in [0.15, 0.2) is 6.29 Å². The Morgan fingerprint density at radius 1 is 0.750 bits per heavy atom. The van der Waals surface area contributed by atoms with Crippen LogP contribution in [0, 0.1) is 11.7 Å². The summed E-state index contributed by atoms with van der Waals surface area (Å²) in [7, 11) is 0. The summed E-state index contributed by atoms with van der Waals surface area (Å²) < 4.78 is 32.6. The van der Waals surface area contributed by atoms with Crippen LogP contribution in [0.1, 0.15) is 135 Å². The number of hydrogen-bond acceptors (Lipinski definition) is 4. The van der Waals surface area contributed by atoms with Crippen molar-refractivity contribution >= 4 is 0 Å². The lowest BCUT2D eigenvalue weighted by Crippen LogP contribution is -2.27. The molecule has 0 radical (unpaired) electrons. The fraction of sp³-hybridized carbons (Fsp3) is 0.686. The van der Waals surface area contributed by atoms with Gasteiger partial charge in [0.25, 0.3) is 0 Å². The summed E-state index contributed by atoms with van der Waals surface area (Å²) in [6.45, 7) is 6.56. The summed E-state index contributed by atoms with van der Waals surface area (Å²) in [5.41, 5.74) is 1.94. The lowest BCUT2D eigenvalue weighted by molar-refractivity contribution is -0.206. The van der Waals surface area contributed by atoms with E-state index in [9.17, 15) is 4.39 Å². The Morgan fingerprint density at radius 3 is 1.93 bits per heavy atom. The molecule has 4 nitrogen and oxygen atoms in total. The molecule has 0 saturated carbocycles. The van der Waals surface area contributed by atoms with Crippen molar-refractivity contribution in [3.8, 4) is 17.0 Å². The van der Waals surface area contributed by atoms with Crippen LogP contribution < -0.4 is 4.74 Å². The highest BCUT2D eigenvalue weighted by Crippen LogP contribution is 2.30. The summed E-state index contributed by atoms with van der Waals surface area (Å²) in [4.78, 5) is 4.51. The molecular formula is C35H54FNO3. The van der Waals surface area contributed by atoms with Crippen molar-refractivity contribution in [1.29, 1.82) is 0 Å². The maximum atomic E-state index is 14.8. The first-order valence-electron chi connectivity index (χ1n) is 16.3. The van der Waals surface area contributed by atoms with E-state index in [0.29, 0.717) is 29.5 Å². The molecule has 1 aromatic heterocycles. The minimum absolute atomic E-state index is 0.319. The monoisotopic (exact) mass is 555 g/mol. The molecule has 1 saturated heterocycles. The van der Waals surface area contributed by atoms with Crippen LogP contribution >= 0.6 is 0 Å². The van der Waals surface area contributed by atoms with Crippen LogP contribution in [0.3, 0.4) is 0 Å². The van der Waals surface area contributed by atoms with Crippen LogP contribution in [0.15, 0.2) is 36.5 Å². The third-order valence-corrected chi connectivity index (χ3v) is 7.97. The molecule has 1 aliphatic rings. The first-order chi connectivity index (χ1) is 19.7. The van der Waals surface area contributed by atoms with E-state index in [1.54, 1.807) is 12.3 Å². The van der Waals surface area contributed by atoms with E-state index in [-0.39, 0.29) is 5.82 Å². The summed E-state index contributed by atoms with van der Waals surface area (Å²) in [5, 5.41) is 0. The number of pyridine rings is 1. The highest BCUT2D eigenvalue weighted by Gasteiger charge is 2.23. The SMILES string of the molecule is CCCCCCCCCCCCC1COC(c2ccc(-c3ccc(OCCCCCCCC)cc3F)nc2)OC1. The Labute approximate surface area is 243 Å². The molecule has 0 unspecified atom stereocenters. The number of hydrogen-bond donors (Lipinski definition) is 0. The van der Waals surface area contributed by atoms with E-state index in [0.717, 1.165) is 31.6 Å². The molecule has 1 aromatic carbocycles. The molecule has 0 atom stereocenters. The Bertz CT molecular complexity index is 911. The fourth-order valence-electron chi connectivity index (χ4n) is 5.39. The highest BCUT2D eigenvalue weighted by molar-refractivity contribution is 5.61. The molecule has 2 aromatic rings. The second-order valence-electron chi connectivity index (χ2n) is 11.6. The maximum absolute atomic E-state index is 14.8. The largest absolute Gasteiger partial charge is 0.493 e. The first kappa shape index (κ1) is 32.5. The summed E-state index contributed by atoms with van der Waals surface area (Å²) in [5.74, 6) is 0.719. The van der Waals surface area contributed by atoms with E-state index in [4.69, 9.17) is 14.2 Å². The highest BCUT2D eigenvalue weighted by atomic mass is 19.1. The Kier molecular flexibility index (Phi) is 16.3. The minimum Gasteiger partial charge on any atom is -0.493 e. The summed E-state index contributed by atoms with van der Waals surface area (Å²) in [6, 6.07) is 8.81. The minimum atomic E-state index is -0.395. The van der Waals surface area contributed by atoms with Crippen molar-refractivity contribution in [2.24, 2.45) is 5.92 Å². The molecule has 1 fully saturated rings. The molecular weight excluding hydrogens is 501 g/mol. The van der Waals surface area contributed by atoms with Gasteiger partial charge in [0.05, 0.1) is 25.5 Å². The van der Waals surface area contributed by atoms with Gasteiger partial charge in [-0.2, -0.15) is 0 Å². The molecule has 40 heavy (non-hydrogen) atoms. The molecule has 1 aliphatic heterocycles. The van der Waals surface area contributed by atoms with Crippen LogP contribution in [-0.4, -0.2) is 24.8 Å². The molecule has 0 aliphatic carbocycles. The normalized spacial score (nSPS) is 17.3. The molecule has 2 heterocycles. The van der Waals surface area contributed by atoms with Crippen molar-refractivity contribution in [3.63, 3.8) is 0 Å². The van der Waals surface area contributed by atoms with E-state index < -0.39 is 6.29 Å². The Hall–Kier alpha value is -1.98. The van der Waals surface area contributed by atoms with E-state index >= 15 is 0 Å². The summed E-state index contributed by atoms with van der Waals surface area (Å²) >= 11 is 0. The van der Waals surface area contributed by atoms with Crippen molar-refractivity contribution < 1.29 is 18.6 Å².